The third kappa shape index (κ3) is 3.59. The number of hydrogen-bond acceptors (Lipinski definition) is 2. The van der Waals surface area contributed by atoms with Gasteiger partial charge in [0.15, 0.2) is 0 Å². The zero-order valence-electron chi connectivity index (χ0n) is 11.1. The van der Waals surface area contributed by atoms with E-state index in [4.69, 9.17) is 5.26 Å². The van der Waals surface area contributed by atoms with Crippen molar-refractivity contribution in [1.29, 1.82) is 5.26 Å². The molecule has 19 heavy (non-hydrogen) atoms. The quantitative estimate of drug-likeness (QED) is 0.858. The fourth-order valence-corrected chi connectivity index (χ4v) is 2.11. The predicted molar refractivity (Wildman–Crippen MR) is 78.9 cm³/mol. The van der Waals surface area contributed by atoms with Crippen LogP contribution in [-0.2, 0) is 6.42 Å². The van der Waals surface area contributed by atoms with Gasteiger partial charge < -0.3 is 5.32 Å². The topological polar surface area (TPSA) is 35.8 Å². The average molecular weight is 250 g/mol. The van der Waals surface area contributed by atoms with Crippen LogP contribution in [0.2, 0.25) is 0 Å². The fourth-order valence-electron chi connectivity index (χ4n) is 2.11. The lowest BCUT2D eigenvalue weighted by Gasteiger charge is -2.18. The van der Waals surface area contributed by atoms with Crippen LogP contribution in [0, 0.1) is 11.3 Å². The molecule has 1 unspecified atom stereocenters. The van der Waals surface area contributed by atoms with Gasteiger partial charge in [-0.2, -0.15) is 5.26 Å². The van der Waals surface area contributed by atoms with Gasteiger partial charge in [-0.3, -0.25) is 0 Å². The first-order valence-electron chi connectivity index (χ1n) is 6.61. The van der Waals surface area contributed by atoms with Crippen LogP contribution in [0.15, 0.2) is 54.6 Å². The summed E-state index contributed by atoms with van der Waals surface area (Å²) in [4.78, 5) is 0. The van der Waals surface area contributed by atoms with Gasteiger partial charge in [-0.1, -0.05) is 49.4 Å². The molecule has 0 aliphatic carbocycles. The van der Waals surface area contributed by atoms with Crippen molar-refractivity contribution in [3.63, 3.8) is 0 Å². The number of aryl methyl sites for hydroxylation is 1. The van der Waals surface area contributed by atoms with Crippen LogP contribution >= 0.6 is 0 Å². The first-order valence-corrected chi connectivity index (χ1v) is 6.61. The molecule has 0 aliphatic heterocycles. The maximum Gasteiger partial charge on any atom is 0.0647 e. The van der Waals surface area contributed by atoms with Crippen molar-refractivity contribution in [2.24, 2.45) is 0 Å². The van der Waals surface area contributed by atoms with Crippen molar-refractivity contribution >= 4 is 5.69 Å². The Morgan fingerprint density at radius 2 is 1.89 bits per heavy atom. The van der Waals surface area contributed by atoms with Gasteiger partial charge in [-0.05, 0) is 29.7 Å². The molecule has 0 fully saturated rings. The number of benzene rings is 2. The highest BCUT2D eigenvalue weighted by Gasteiger charge is 2.10. The van der Waals surface area contributed by atoms with Crippen molar-refractivity contribution in [2.75, 3.05) is 5.32 Å². The van der Waals surface area contributed by atoms with Gasteiger partial charge in [0.25, 0.3) is 0 Å². The summed E-state index contributed by atoms with van der Waals surface area (Å²) < 4.78 is 0. The molecule has 0 saturated heterocycles. The maximum atomic E-state index is 8.99. The normalized spacial score (nSPS) is 11.6. The van der Waals surface area contributed by atoms with Crippen LogP contribution < -0.4 is 5.32 Å². The number of nitrogens with one attached hydrogen (secondary N) is 1. The number of rotatable bonds is 5. The third-order valence-corrected chi connectivity index (χ3v) is 3.17. The Kier molecular flexibility index (Phi) is 4.58. The molecule has 2 rings (SSSR count). The molecule has 0 bridgehead atoms. The Balaban J connectivity index is 2.19. The molecular formula is C17H18N2. The van der Waals surface area contributed by atoms with E-state index in [0.29, 0.717) is 6.42 Å². The summed E-state index contributed by atoms with van der Waals surface area (Å²) in [7, 11) is 0. The van der Waals surface area contributed by atoms with Gasteiger partial charge in [-0.25, -0.2) is 0 Å². The zero-order valence-corrected chi connectivity index (χ0v) is 11.1. The van der Waals surface area contributed by atoms with Crippen LogP contribution in [0.3, 0.4) is 0 Å². The lowest BCUT2D eigenvalue weighted by atomic mass is 10.0. The second kappa shape index (κ2) is 6.61. The van der Waals surface area contributed by atoms with E-state index in [1.807, 2.05) is 24.3 Å². The third-order valence-electron chi connectivity index (χ3n) is 3.17. The monoisotopic (exact) mass is 250 g/mol. The first-order chi connectivity index (χ1) is 9.33. The fraction of sp³-hybridized carbons (Fsp3) is 0.235. The second-order valence-corrected chi connectivity index (χ2v) is 4.52. The van der Waals surface area contributed by atoms with Crippen LogP contribution in [0.5, 0.6) is 0 Å². The molecular weight excluding hydrogens is 232 g/mol. The summed E-state index contributed by atoms with van der Waals surface area (Å²) in [6.45, 7) is 2.14. The molecule has 0 heterocycles. The lowest BCUT2D eigenvalue weighted by molar-refractivity contribution is 0.806. The molecule has 0 aromatic heterocycles. The molecule has 96 valence electrons. The van der Waals surface area contributed by atoms with Crippen LogP contribution in [0.1, 0.15) is 30.5 Å². The van der Waals surface area contributed by atoms with E-state index in [0.717, 1.165) is 17.7 Å². The van der Waals surface area contributed by atoms with E-state index >= 15 is 0 Å². The summed E-state index contributed by atoms with van der Waals surface area (Å²) in [5, 5.41) is 12.4. The van der Waals surface area contributed by atoms with Gasteiger partial charge in [0.1, 0.15) is 0 Å². The minimum Gasteiger partial charge on any atom is -0.377 e. The number of nitriles is 1. The van der Waals surface area contributed by atoms with Gasteiger partial charge in [0.05, 0.1) is 18.5 Å². The van der Waals surface area contributed by atoms with Gasteiger partial charge in [-0.15, -0.1) is 0 Å². The molecule has 0 radical (unpaired) electrons. The summed E-state index contributed by atoms with van der Waals surface area (Å²) in [5.74, 6) is 0. The highest BCUT2D eigenvalue weighted by Crippen LogP contribution is 2.23. The SMILES string of the molecule is CCc1cccc(NC(CC#N)c2ccccc2)c1. The smallest absolute Gasteiger partial charge is 0.0647 e. The molecule has 2 aromatic rings. The highest BCUT2D eigenvalue weighted by atomic mass is 14.9. The highest BCUT2D eigenvalue weighted by molar-refractivity contribution is 5.48. The Morgan fingerprint density at radius 3 is 2.58 bits per heavy atom. The molecule has 0 saturated carbocycles. The standard InChI is InChI=1S/C17H18N2/c1-2-14-7-6-10-16(13-14)19-17(11-12-18)15-8-4-3-5-9-15/h3-10,13,17,19H,2,11H2,1H3. The minimum atomic E-state index is 0.0401. The maximum absolute atomic E-state index is 8.99. The summed E-state index contributed by atoms with van der Waals surface area (Å²) in [5.41, 5.74) is 3.52. The van der Waals surface area contributed by atoms with Crippen molar-refractivity contribution in [2.45, 2.75) is 25.8 Å². The summed E-state index contributed by atoms with van der Waals surface area (Å²) in [6, 6.07) is 20.8. The van der Waals surface area contributed by atoms with Gasteiger partial charge >= 0.3 is 0 Å². The largest absolute Gasteiger partial charge is 0.377 e. The molecule has 0 amide bonds. The number of nitrogens with zero attached hydrogens (tertiary/aromatic N) is 1. The molecule has 2 nitrogen and oxygen atoms in total. The molecule has 1 atom stereocenters. The average Bonchev–Trinajstić information content (AvgIpc) is 2.48. The van der Waals surface area contributed by atoms with Crippen molar-refractivity contribution in [1.82, 2.24) is 0 Å². The zero-order chi connectivity index (χ0) is 13.5. The van der Waals surface area contributed by atoms with Crippen LogP contribution in [0.4, 0.5) is 5.69 Å². The van der Waals surface area contributed by atoms with Crippen LogP contribution in [0.25, 0.3) is 0 Å². The molecule has 2 aromatic carbocycles. The van der Waals surface area contributed by atoms with E-state index in [9.17, 15) is 0 Å². The minimum absolute atomic E-state index is 0.0401. The number of hydrogen-bond donors (Lipinski definition) is 1. The van der Waals surface area contributed by atoms with E-state index in [1.54, 1.807) is 0 Å². The van der Waals surface area contributed by atoms with E-state index in [2.05, 4.69) is 48.6 Å². The van der Waals surface area contributed by atoms with Gasteiger partial charge in [0.2, 0.25) is 0 Å². The molecule has 0 aliphatic rings. The van der Waals surface area contributed by atoms with E-state index in [-0.39, 0.29) is 6.04 Å². The molecule has 0 spiro atoms. The Morgan fingerprint density at radius 1 is 1.11 bits per heavy atom. The van der Waals surface area contributed by atoms with Crippen molar-refractivity contribution in [3.8, 4) is 6.07 Å². The first kappa shape index (κ1) is 13.2. The Hall–Kier alpha value is -2.27. The summed E-state index contributed by atoms with van der Waals surface area (Å²) in [6.07, 6.45) is 1.48. The lowest BCUT2D eigenvalue weighted by Crippen LogP contribution is -2.10. The Bertz CT molecular complexity index is 555. The van der Waals surface area contributed by atoms with Gasteiger partial charge in [0, 0.05) is 5.69 Å². The van der Waals surface area contributed by atoms with Crippen LogP contribution in [-0.4, -0.2) is 0 Å². The van der Waals surface area contributed by atoms with Crippen molar-refractivity contribution < 1.29 is 0 Å². The number of anilines is 1. The second-order valence-electron chi connectivity index (χ2n) is 4.52. The predicted octanol–water partition coefficient (Wildman–Crippen LogP) is 4.32. The van der Waals surface area contributed by atoms with E-state index < -0.39 is 0 Å². The molecule has 2 heteroatoms. The van der Waals surface area contributed by atoms with Crippen molar-refractivity contribution in [3.05, 3.63) is 65.7 Å². The molecule has 1 N–H and O–H groups in total. The summed E-state index contributed by atoms with van der Waals surface area (Å²) >= 11 is 0. The van der Waals surface area contributed by atoms with E-state index in [1.165, 1.54) is 5.56 Å². The Labute approximate surface area is 114 Å².